The Balaban J connectivity index is 1.60. The van der Waals surface area contributed by atoms with Gasteiger partial charge in [0.1, 0.15) is 5.78 Å². The molecular weight excluding hydrogens is 256 g/mol. The fourth-order valence-corrected chi connectivity index (χ4v) is 5.55. The van der Waals surface area contributed by atoms with E-state index in [-0.39, 0.29) is 5.60 Å². The Labute approximate surface area is 121 Å². The van der Waals surface area contributed by atoms with Gasteiger partial charge in [-0.15, -0.1) is 0 Å². The lowest BCUT2D eigenvalue weighted by Crippen LogP contribution is -2.43. The summed E-state index contributed by atoms with van der Waals surface area (Å²) in [4.78, 5) is 12.7. The second-order valence-corrected chi connectivity index (χ2v) is 7.82. The average molecular weight is 282 g/mol. The molecule has 0 N–H and O–H groups in total. The van der Waals surface area contributed by atoms with Crippen molar-refractivity contribution in [3.05, 3.63) is 0 Å². The number of thioether (sulfide) groups is 1. The van der Waals surface area contributed by atoms with Gasteiger partial charge in [-0.3, -0.25) is 4.79 Å². The van der Waals surface area contributed by atoms with Gasteiger partial charge in [0.2, 0.25) is 0 Å². The van der Waals surface area contributed by atoms with Gasteiger partial charge in [-0.1, -0.05) is 13.3 Å². The molecule has 2 nitrogen and oxygen atoms in total. The number of rotatable bonds is 3. The third kappa shape index (κ3) is 2.87. The molecule has 3 fully saturated rings. The van der Waals surface area contributed by atoms with E-state index in [0.717, 1.165) is 50.4 Å². The lowest BCUT2D eigenvalue weighted by molar-refractivity contribution is -0.137. The Hall–Kier alpha value is -0.0200. The van der Waals surface area contributed by atoms with Crippen molar-refractivity contribution in [2.24, 2.45) is 17.8 Å². The molecule has 1 saturated carbocycles. The summed E-state index contributed by atoms with van der Waals surface area (Å²) >= 11 is 1.99. The predicted molar refractivity (Wildman–Crippen MR) is 79.5 cm³/mol. The van der Waals surface area contributed by atoms with Crippen LogP contribution in [0.15, 0.2) is 0 Å². The molecule has 0 amide bonds. The smallest absolute Gasteiger partial charge is 0.139 e. The topological polar surface area (TPSA) is 26.3 Å². The van der Waals surface area contributed by atoms with E-state index in [0.29, 0.717) is 17.6 Å². The van der Waals surface area contributed by atoms with Crippen LogP contribution in [0.25, 0.3) is 0 Å². The van der Waals surface area contributed by atoms with Crippen LogP contribution >= 0.6 is 11.8 Å². The fourth-order valence-electron chi connectivity index (χ4n) is 4.17. The first-order valence-electron chi connectivity index (χ1n) is 7.98. The highest BCUT2D eigenvalue weighted by atomic mass is 32.2. The van der Waals surface area contributed by atoms with Crippen molar-refractivity contribution in [3.8, 4) is 0 Å². The summed E-state index contributed by atoms with van der Waals surface area (Å²) in [5.74, 6) is 4.38. The van der Waals surface area contributed by atoms with Crippen LogP contribution in [0.1, 0.15) is 51.9 Å². The van der Waals surface area contributed by atoms with Crippen LogP contribution in [0.3, 0.4) is 0 Å². The molecule has 2 heterocycles. The van der Waals surface area contributed by atoms with Crippen molar-refractivity contribution in [2.75, 3.05) is 18.1 Å². The van der Waals surface area contributed by atoms with E-state index in [1.807, 2.05) is 11.8 Å². The molecule has 1 aliphatic carbocycles. The Morgan fingerprint density at radius 1 is 1.32 bits per heavy atom. The van der Waals surface area contributed by atoms with Crippen LogP contribution in [0.4, 0.5) is 0 Å². The van der Waals surface area contributed by atoms with Crippen molar-refractivity contribution in [1.29, 1.82) is 0 Å². The van der Waals surface area contributed by atoms with Crippen LogP contribution in [-0.2, 0) is 9.53 Å². The molecule has 1 spiro atoms. The largest absolute Gasteiger partial charge is 0.374 e. The van der Waals surface area contributed by atoms with Gasteiger partial charge in [0.05, 0.1) is 5.60 Å². The molecule has 4 atom stereocenters. The van der Waals surface area contributed by atoms with Crippen molar-refractivity contribution in [2.45, 2.75) is 57.5 Å². The van der Waals surface area contributed by atoms with Crippen molar-refractivity contribution in [3.63, 3.8) is 0 Å². The Morgan fingerprint density at radius 2 is 2.21 bits per heavy atom. The number of ether oxygens (including phenoxy) is 1. The summed E-state index contributed by atoms with van der Waals surface area (Å²) in [7, 11) is 0. The molecular formula is C16H26O2S. The summed E-state index contributed by atoms with van der Waals surface area (Å²) in [5.41, 5.74) is 0.0615. The molecule has 4 unspecified atom stereocenters. The number of carbonyl (C=O) groups is 1. The van der Waals surface area contributed by atoms with E-state index in [4.69, 9.17) is 4.74 Å². The molecule has 108 valence electrons. The van der Waals surface area contributed by atoms with E-state index >= 15 is 0 Å². The zero-order valence-corrected chi connectivity index (χ0v) is 12.8. The molecule has 3 aliphatic rings. The zero-order valence-electron chi connectivity index (χ0n) is 12.0. The second-order valence-electron chi connectivity index (χ2n) is 6.71. The monoisotopic (exact) mass is 282 g/mol. The van der Waals surface area contributed by atoms with Crippen molar-refractivity contribution >= 4 is 17.5 Å². The molecule has 3 heteroatoms. The highest BCUT2D eigenvalue weighted by Crippen LogP contribution is 2.43. The minimum Gasteiger partial charge on any atom is -0.374 e. The van der Waals surface area contributed by atoms with Crippen LogP contribution in [0, 0.1) is 17.8 Å². The van der Waals surface area contributed by atoms with E-state index in [2.05, 4.69) is 6.92 Å². The lowest BCUT2D eigenvalue weighted by Gasteiger charge is -2.37. The summed E-state index contributed by atoms with van der Waals surface area (Å²) in [6.45, 7) is 3.07. The third-order valence-electron chi connectivity index (χ3n) is 5.48. The van der Waals surface area contributed by atoms with Gasteiger partial charge in [-0.05, 0) is 50.2 Å². The molecule has 3 rings (SSSR count). The van der Waals surface area contributed by atoms with Crippen LogP contribution in [0.5, 0.6) is 0 Å². The summed E-state index contributed by atoms with van der Waals surface area (Å²) < 4.78 is 6.04. The quantitative estimate of drug-likeness (QED) is 0.790. The first-order valence-corrected chi connectivity index (χ1v) is 9.13. The Bertz CT molecular complexity index is 336. The molecule has 0 bridgehead atoms. The van der Waals surface area contributed by atoms with Gasteiger partial charge in [-0.25, -0.2) is 0 Å². The van der Waals surface area contributed by atoms with Crippen LogP contribution in [0.2, 0.25) is 0 Å². The first kappa shape index (κ1) is 13.9. The maximum atomic E-state index is 12.7. The molecule has 0 aromatic heterocycles. The summed E-state index contributed by atoms with van der Waals surface area (Å²) in [6.07, 6.45) is 7.97. The van der Waals surface area contributed by atoms with E-state index in [9.17, 15) is 4.79 Å². The molecule has 0 aromatic rings. The Kier molecular flexibility index (Phi) is 4.23. The molecule has 2 saturated heterocycles. The van der Waals surface area contributed by atoms with Gasteiger partial charge < -0.3 is 4.74 Å². The number of hydrogen-bond donors (Lipinski definition) is 0. The molecule has 2 aliphatic heterocycles. The highest BCUT2D eigenvalue weighted by Gasteiger charge is 2.44. The molecule has 19 heavy (non-hydrogen) atoms. The second kappa shape index (κ2) is 5.77. The summed E-state index contributed by atoms with van der Waals surface area (Å²) in [5, 5.41) is 0. The van der Waals surface area contributed by atoms with Crippen molar-refractivity contribution < 1.29 is 9.53 Å². The van der Waals surface area contributed by atoms with Crippen LogP contribution in [-0.4, -0.2) is 29.5 Å². The molecule has 0 radical (unpaired) electrons. The van der Waals surface area contributed by atoms with Crippen molar-refractivity contribution in [1.82, 2.24) is 0 Å². The van der Waals surface area contributed by atoms with E-state index in [1.165, 1.54) is 18.6 Å². The Morgan fingerprint density at radius 3 is 2.89 bits per heavy atom. The zero-order chi connectivity index (χ0) is 13.3. The maximum absolute atomic E-state index is 12.7. The minimum absolute atomic E-state index is 0.0615. The SMILES string of the molecule is CCC1CCC(C(=O)C2CCOC3(CCSC3)C2)C1. The maximum Gasteiger partial charge on any atom is 0.139 e. The van der Waals surface area contributed by atoms with Gasteiger partial charge in [0.25, 0.3) is 0 Å². The standard InChI is InChI=1S/C16H26O2S/c1-2-12-3-4-13(9-12)15(17)14-5-7-18-16(10-14)6-8-19-11-16/h12-14H,2-11H2,1H3. The lowest BCUT2D eigenvalue weighted by atomic mass is 9.79. The average Bonchev–Trinajstić information content (AvgIpc) is 3.07. The number of hydrogen-bond acceptors (Lipinski definition) is 3. The van der Waals surface area contributed by atoms with Gasteiger partial charge in [0, 0.05) is 24.2 Å². The van der Waals surface area contributed by atoms with Gasteiger partial charge >= 0.3 is 0 Å². The first-order chi connectivity index (χ1) is 9.22. The predicted octanol–water partition coefficient (Wildman–Crippen LogP) is 3.68. The van der Waals surface area contributed by atoms with Gasteiger partial charge in [0.15, 0.2) is 0 Å². The third-order valence-corrected chi connectivity index (χ3v) is 6.71. The fraction of sp³-hybridized carbons (Fsp3) is 0.938. The van der Waals surface area contributed by atoms with Crippen LogP contribution < -0.4 is 0 Å². The molecule has 0 aromatic carbocycles. The summed E-state index contributed by atoms with van der Waals surface area (Å²) in [6, 6.07) is 0. The normalized spacial score (nSPS) is 42.9. The van der Waals surface area contributed by atoms with Gasteiger partial charge in [-0.2, -0.15) is 11.8 Å². The van der Waals surface area contributed by atoms with E-state index in [1.54, 1.807) is 0 Å². The number of ketones is 1. The highest BCUT2D eigenvalue weighted by molar-refractivity contribution is 7.99. The minimum atomic E-state index is 0.0615. The van der Waals surface area contributed by atoms with E-state index < -0.39 is 0 Å². The number of Topliss-reactive ketones (excluding diaryl/α,β-unsaturated/α-hetero) is 1. The number of carbonyl (C=O) groups excluding carboxylic acids is 1.